The third-order valence-corrected chi connectivity index (χ3v) is 4.62. The van der Waals surface area contributed by atoms with Crippen molar-refractivity contribution < 1.29 is 9.59 Å². The summed E-state index contributed by atoms with van der Waals surface area (Å²) in [5, 5.41) is -0.313. The molecule has 2 amide bonds. The van der Waals surface area contributed by atoms with Crippen LogP contribution in [-0.2, 0) is 4.79 Å². The van der Waals surface area contributed by atoms with Crippen molar-refractivity contribution in [1.82, 2.24) is 10.9 Å². The van der Waals surface area contributed by atoms with Crippen LogP contribution < -0.4 is 10.9 Å². The van der Waals surface area contributed by atoms with Gasteiger partial charge in [0.25, 0.3) is 11.8 Å². The molecule has 2 N–H and O–H groups in total. The number of benzene rings is 2. The maximum absolute atomic E-state index is 12.1. The van der Waals surface area contributed by atoms with Gasteiger partial charge in [0.05, 0.1) is 5.25 Å². The summed E-state index contributed by atoms with van der Waals surface area (Å²) in [4.78, 5) is 25.1. The summed E-state index contributed by atoms with van der Waals surface area (Å²) < 4.78 is 0. The molecule has 0 bridgehead atoms. The Hall–Kier alpha value is -2.27. The third kappa shape index (κ3) is 4.86. The number of hydrogen-bond acceptors (Lipinski definition) is 3. The average molecular weight is 328 g/mol. The molecule has 4 nitrogen and oxygen atoms in total. The van der Waals surface area contributed by atoms with E-state index in [1.807, 2.05) is 39.0 Å². The predicted octanol–water partition coefficient (Wildman–Crippen LogP) is 3.25. The number of carbonyl (C=O) groups is 2. The molecule has 0 saturated carbocycles. The van der Waals surface area contributed by atoms with Crippen molar-refractivity contribution in [3.63, 3.8) is 0 Å². The lowest BCUT2D eigenvalue weighted by molar-refractivity contribution is -0.121. The fourth-order valence-electron chi connectivity index (χ4n) is 2.06. The molecule has 0 fully saturated rings. The second-order valence-corrected chi connectivity index (χ2v) is 6.72. The number of nitrogens with one attached hydrogen (secondary N) is 2. The van der Waals surface area contributed by atoms with E-state index in [4.69, 9.17) is 0 Å². The van der Waals surface area contributed by atoms with Gasteiger partial charge in [0.15, 0.2) is 0 Å². The van der Waals surface area contributed by atoms with Crippen LogP contribution in [0.1, 0.15) is 28.4 Å². The zero-order chi connectivity index (χ0) is 16.8. The van der Waals surface area contributed by atoms with Crippen LogP contribution in [0.5, 0.6) is 0 Å². The Balaban J connectivity index is 1.89. The maximum atomic E-state index is 12.1. The zero-order valence-corrected chi connectivity index (χ0v) is 14.2. The standard InChI is InChI=1S/C18H20N2O2S/c1-12-9-10-16(13(2)11-12)23-14(3)17(21)19-20-18(22)15-7-5-4-6-8-15/h4-11,14H,1-3H3,(H,19,21)(H,20,22)/t14-/m0/s1. The Bertz CT molecular complexity index is 701. The average Bonchev–Trinajstić information content (AvgIpc) is 2.55. The molecule has 0 radical (unpaired) electrons. The summed E-state index contributed by atoms with van der Waals surface area (Å²) in [5.74, 6) is -0.568. The molecule has 2 rings (SSSR count). The Morgan fingerprint density at radius 2 is 1.70 bits per heavy atom. The number of carbonyl (C=O) groups excluding carboxylic acids is 2. The molecule has 0 aliphatic carbocycles. The molecule has 2 aromatic carbocycles. The third-order valence-electron chi connectivity index (χ3n) is 3.34. The molecular formula is C18H20N2O2S. The first-order valence-corrected chi connectivity index (χ1v) is 8.24. The largest absolute Gasteiger partial charge is 0.272 e. The number of amides is 2. The van der Waals surface area contributed by atoms with Crippen LogP contribution in [0.4, 0.5) is 0 Å². The van der Waals surface area contributed by atoms with Crippen molar-refractivity contribution in [2.45, 2.75) is 30.9 Å². The van der Waals surface area contributed by atoms with Gasteiger partial charge in [-0.1, -0.05) is 35.9 Å². The maximum Gasteiger partial charge on any atom is 0.269 e. The molecule has 1 atom stereocenters. The fourth-order valence-corrected chi connectivity index (χ4v) is 3.00. The van der Waals surface area contributed by atoms with E-state index in [-0.39, 0.29) is 17.1 Å². The Morgan fingerprint density at radius 1 is 1.00 bits per heavy atom. The van der Waals surface area contributed by atoms with Crippen LogP contribution in [0.15, 0.2) is 53.4 Å². The molecular weight excluding hydrogens is 308 g/mol. The van der Waals surface area contributed by atoms with Crippen LogP contribution in [0.2, 0.25) is 0 Å². The van der Waals surface area contributed by atoms with Gasteiger partial charge in [0, 0.05) is 10.5 Å². The van der Waals surface area contributed by atoms with E-state index in [0.717, 1.165) is 10.5 Å². The predicted molar refractivity (Wildman–Crippen MR) is 93.3 cm³/mol. The van der Waals surface area contributed by atoms with Crippen molar-refractivity contribution >= 4 is 23.6 Å². The van der Waals surface area contributed by atoms with Crippen LogP contribution in [0.25, 0.3) is 0 Å². The minimum absolute atomic E-state index is 0.237. The molecule has 120 valence electrons. The van der Waals surface area contributed by atoms with Crippen LogP contribution in [0.3, 0.4) is 0 Å². The van der Waals surface area contributed by atoms with Crippen LogP contribution in [0, 0.1) is 13.8 Å². The van der Waals surface area contributed by atoms with E-state index in [9.17, 15) is 9.59 Å². The van der Waals surface area contributed by atoms with Gasteiger partial charge in [-0.2, -0.15) is 0 Å². The summed E-state index contributed by atoms with van der Waals surface area (Å²) in [6, 6.07) is 14.9. The van der Waals surface area contributed by atoms with Gasteiger partial charge in [-0.15, -0.1) is 11.8 Å². The van der Waals surface area contributed by atoms with Crippen molar-refractivity contribution in [1.29, 1.82) is 0 Å². The summed E-state index contributed by atoms with van der Waals surface area (Å²) in [5.41, 5.74) is 7.75. The number of thioether (sulfide) groups is 1. The lowest BCUT2D eigenvalue weighted by Gasteiger charge is -2.14. The molecule has 0 aliphatic heterocycles. The normalized spacial score (nSPS) is 11.6. The van der Waals surface area contributed by atoms with Gasteiger partial charge < -0.3 is 0 Å². The first-order chi connectivity index (χ1) is 11.0. The zero-order valence-electron chi connectivity index (χ0n) is 13.4. The van der Waals surface area contributed by atoms with Crippen molar-refractivity contribution in [3.8, 4) is 0 Å². The summed E-state index contributed by atoms with van der Waals surface area (Å²) in [6.07, 6.45) is 0. The first-order valence-electron chi connectivity index (χ1n) is 7.36. The van der Waals surface area contributed by atoms with Crippen LogP contribution in [-0.4, -0.2) is 17.1 Å². The quantitative estimate of drug-likeness (QED) is 0.669. The molecule has 23 heavy (non-hydrogen) atoms. The lowest BCUT2D eigenvalue weighted by Crippen LogP contribution is -2.44. The number of rotatable bonds is 4. The smallest absolute Gasteiger partial charge is 0.269 e. The van der Waals surface area contributed by atoms with E-state index >= 15 is 0 Å². The van der Waals surface area contributed by atoms with Gasteiger partial charge in [-0.05, 0) is 44.5 Å². The van der Waals surface area contributed by atoms with Gasteiger partial charge >= 0.3 is 0 Å². The van der Waals surface area contributed by atoms with Gasteiger partial charge in [-0.3, -0.25) is 20.4 Å². The summed E-state index contributed by atoms with van der Waals surface area (Å²) in [7, 11) is 0. The number of hydrogen-bond donors (Lipinski definition) is 2. The van der Waals surface area contributed by atoms with Gasteiger partial charge in [0.1, 0.15) is 0 Å². The van der Waals surface area contributed by atoms with E-state index in [2.05, 4.69) is 16.9 Å². The Morgan fingerprint density at radius 3 is 2.35 bits per heavy atom. The molecule has 2 aromatic rings. The van der Waals surface area contributed by atoms with E-state index < -0.39 is 0 Å². The Labute approximate surface area is 140 Å². The van der Waals surface area contributed by atoms with E-state index in [0.29, 0.717) is 5.56 Å². The van der Waals surface area contributed by atoms with Crippen molar-refractivity contribution in [3.05, 3.63) is 65.2 Å². The number of aryl methyl sites for hydroxylation is 2. The highest BCUT2D eigenvalue weighted by Gasteiger charge is 2.16. The molecule has 0 aliphatic rings. The highest BCUT2D eigenvalue weighted by atomic mass is 32.2. The molecule has 0 saturated heterocycles. The molecule has 0 unspecified atom stereocenters. The minimum atomic E-state index is -0.331. The van der Waals surface area contributed by atoms with Crippen molar-refractivity contribution in [2.75, 3.05) is 0 Å². The fraction of sp³-hybridized carbons (Fsp3) is 0.222. The van der Waals surface area contributed by atoms with Gasteiger partial charge in [-0.25, -0.2) is 0 Å². The lowest BCUT2D eigenvalue weighted by atomic mass is 10.2. The molecule has 5 heteroatoms. The molecule has 0 aromatic heterocycles. The first kappa shape index (κ1) is 17.1. The van der Waals surface area contributed by atoms with Crippen LogP contribution >= 0.6 is 11.8 Å². The molecule has 0 spiro atoms. The highest BCUT2D eigenvalue weighted by molar-refractivity contribution is 8.00. The minimum Gasteiger partial charge on any atom is -0.272 e. The Kier molecular flexibility index (Phi) is 5.82. The highest BCUT2D eigenvalue weighted by Crippen LogP contribution is 2.27. The second-order valence-electron chi connectivity index (χ2n) is 5.34. The van der Waals surface area contributed by atoms with E-state index in [1.165, 1.54) is 17.3 Å². The second kappa shape index (κ2) is 7.83. The van der Waals surface area contributed by atoms with E-state index in [1.54, 1.807) is 24.3 Å². The van der Waals surface area contributed by atoms with Crippen molar-refractivity contribution in [2.24, 2.45) is 0 Å². The SMILES string of the molecule is Cc1ccc(S[C@@H](C)C(=O)NNC(=O)c2ccccc2)c(C)c1. The summed E-state index contributed by atoms with van der Waals surface area (Å²) >= 11 is 1.47. The summed E-state index contributed by atoms with van der Waals surface area (Å²) in [6.45, 7) is 5.88. The number of hydrazine groups is 1. The monoisotopic (exact) mass is 328 g/mol. The molecule has 0 heterocycles. The van der Waals surface area contributed by atoms with Gasteiger partial charge in [0.2, 0.25) is 0 Å². The topological polar surface area (TPSA) is 58.2 Å².